The molecule has 0 atom stereocenters. The second kappa shape index (κ2) is 4.05. The first-order valence-electron chi connectivity index (χ1n) is 3.72. The Hall–Kier alpha value is -1.64. The SMILES string of the molecule is N#COC1=CC=C(OC(F)(F)F)CC1. The molecule has 0 unspecified atom stereocenters. The fourth-order valence-electron chi connectivity index (χ4n) is 0.976. The van der Waals surface area contributed by atoms with Crippen LogP contribution >= 0.6 is 0 Å². The van der Waals surface area contributed by atoms with E-state index in [9.17, 15) is 13.2 Å². The Morgan fingerprint density at radius 2 is 1.79 bits per heavy atom. The van der Waals surface area contributed by atoms with Crippen LogP contribution in [-0.4, -0.2) is 6.36 Å². The molecule has 3 nitrogen and oxygen atoms in total. The lowest BCUT2D eigenvalue weighted by Gasteiger charge is -2.15. The summed E-state index contributed by atoms with van der Waals surface area (Å²) in [4.78, 5) is 0. The van der Waals surface area contributed by atoms with Gasteiger partial charge >= 0.3 is 6.36 Å². The first kappa shape index (κ1) is 10.4. The summed E-state index contributed by atoms with van der Waals surface area (Å²) in [5.74, 6) is 0.157. The number of nitriles is 1. The molecule has 0 N–H and O–H groups in total. The molecule has 6 heteroatoms. The first-order chi connectivity index (χ1) is 6.51. The molecule has 0 bridgehead atoms. The van der Waals surface area contributed by atoms with Crippen molar-refractivity contribution in [1.29, 1.82) is 5.26 Å². The Morgan fingerprint density at radius 3 is 2.21 bits per heavy atom. The second-order valence-electron chi connectivity index (χ2n) is 2.51. The predicted molar refractivity (Wildman–Crippen MR) is 39.2 cm³/mol. The molecular formula is C8H6F3NO2. The normalized spacial score (nSPS) is 16.4. The first-order valence-corrected chi connectivity index (χ1v) is 3.72. The number of alkyl halides is 3. The second-order valence-corrected chi connectivity index (χ2v) is 2.51. The van der Waals surface area contributed by atoms with E-state index in [-0.39, 0.29) is 18.6 Å². The molecule has 0 saturated carbocycles. The van der Waals surface area contributed by atoms with E-state index in [1.807, 2.05) is 0 Å². The number of rotatable bonds is 2. The molecule has 14 heavy (non-hydrogen) atoms. The van der Waals surface area contributed by atoms with Crippen molar-refractivity contribution in [3.05, 3.63) is 23.7 Å². The zero-order valence-electron chi connectivity index (χ0n) is 6.97. The van der Waals surface area contributed by atoms with Gasteiger partial charge in [-0.25, -0.2) is 0 Å². The van der Waals surface area contributed by atoms with Gasteiger partial charge in [0.05, 0.1) is 0 Å². The van der Waals surface area contributed by atoms with E-state index in [0.717, 1.165) is 6.08 Å². The molecule has 0 saturated heterocycles. The van der Waals surface area contributed by atoms with E-state index in [1.54, 1.807) is 0 Å². The molecule has 0 heterocycles. The lowest BCUT2D eigenvalue weighted by molar-refractivity contribution is -0.306. The Morgan fingerprint density at radius 1 is 1.21 bits per heavy atom. The smallest absolute Gasteiger partial charge is 0.410 e. The highest BCUT2D eigenvalue weighted by Gasteiger charge is 2.32. The lowest BCUT2D eigenvalue weighted by Crippen LogP contribution is -2.14. The molecule has 0 aromatic carbocycles. The van der Waals surface area contributed by atoms with Gasteiger partial charge in [-0.3, -0.25) is 0 Å². The highest BCUT2D eigenvalue weighted by molar-refractivity contribution is 5.18. The van der Waals surface area contributed by atoms with Gasteiger partial charge in [0.15, 0.2) is 0 Å². The van der Waals surface area contributed by atoms with Crippen molar-refractivity contribution in [3.63, 3.8) is 0 Å². The zero-order chi connectivity index (χ0) is 10.6. The van der Waals surface area contributed by atoms with Gasteiger partial charge in [-0.1, -0.05) is 0 Å². The van der Waals surface area contributed by atoms with Crippen molar-refractivity contribution < 1.29 is 22.6 Å². The van der Waals surface area contributed by atoms with Crippen LogP contribution in [-0.2, 0) is 9.47 Å². The summed E-state index contributed by atoms with van der Waals surface area (Å²) in [5.41, 5.74) is 0. The van der Waals surface area contributed by atoms with Gasteiger partial charge in [-0.05, 0) is 12.2 Å². The number of hydrogen-bond donors (Lipinski definition) is 0. The summed E-state index contributed by atoms with van der Waals surface area (Å²) in [7, 11) is 0. The molecule has 0 fully saturated rings. The van der Waals surface area contributed by atoms with Crippen LogP contribution in [0.15, 0.2) is 23.7 Å². The van der Waals surface area contributed by atoms with Gasteiger partial charge < -0.3 is 9.47 Å². The minimum absolute atomic E-state index is 0.0764. The number of hydrogen-bond acceptors (Lipinski definition) is 3. The highest BCUT2D eigenvalue weighted by atomic mass is 19.4. The maximum Gasteiger partial charge on any atom is 0.572 e. The summed E-state index contributed by atoms with van der Waals surface area (Å²) >= 11 is 0. The average molecular weight is 205 g/mol. The van der Waals surface area contributed by atoms with Crippen LogP contribution in [0.3, 0.4) is 0 Å². The number of nitrogens with zero attached hydrogens (tertiary/aromatic N) is 1. The quantitative estimate of drug-likeness (QED) is 0.650. The van der Waals surface area contributed by atoms with Crippen molar-refractivity contribution in [2.45, 2.75) is 19.2 Å². The molecule has 1 aliphatic rings. The molecule has 0 aliphatic heterocycles. The Kier molecular flexibility index (Phi) is 3.02. The lowest BCUT2D eigenvalue weighted by atomic mass is 10.1. The van der Waals surface area contributed by atoms with Crippen molar-refractivity contribution in [2.24, 2.45) is 0 Å². The van der Waals surface area contributed by atoms with Crippen LogP contribution in [0, 0.1) is 11.5 Å². The van der Waals surface area contributed by atoms with Gasteiger partial charge in [0.25, 0.3) is 6.26 Å². The molecule has 1 aliphatic carbocycles. The third-order valence-electron chi connectivity index (χ3n) is 1.50. The minimum atomic E-state index is -4.66. The number of ether oxygens (including phenoxy) is 2. The molecule has 0 aromatic rings. The van der Waals surface area contributed by atoms with E-state index in [2.05, 4.69) is 9.47 Å². The molecule has 0 radical (unpaired) electrons. The van der Waals surface area contributed by atoms with Crippen molar-refractivity contribution in [3.8, 4) is 6.26 Å². The van der Waals surface area contributed by atoms with Crippen molar-refractivity contribution in [2.75, 3.05) is 0 Å². The molecular weight excluding hydrogens is 199 g/mol. The molecule has 76 valence electrons. The Balaban J connectivity index is 2.57. The van der Waals surface area contributed by atoms with E-state index in [1.165, 1.54) is 12.3 Å². The third-order valence-corrected chi connectivity index (χ3v) is 1.50. The van der Waals surface area contributed by atoms with Crippen molar-refractivity contribution >= 4 is 0 Å². The zero-order valence-corrected chi connectivity index (χ0v) is 6.97. The molecule has 0 spiro atoms. The van der Waals surface area contributed by atoms with Crippen LogP contribution < -0.4 is 0 Å². The van der Waals surface area contributed by atoms with Crippen LogP contribution in [0.25, 0.3) is 0 Å². The van der Waals surface area contributed by atoms with Crippen LogP contribution in [0.5, 0.6) is 0 Å². The molecule has 1 rings (SSSR count). The van der Waals surface area contributed by atoms with Crippen LogP contribution in [0.4, 0.5) is 13.2 Å². The van der Waals surface area contributed by atoms with Gasteiger partial charge in [0.2, 0.25) is 0 Å². The van der Waals surface area contributed by atoms with Gasteiger partial charge in [0.1, 0.15) is 11.5 Å². The largest absolute Gasteiger partial charge is 0.572 e. The van der Waals surface area contributed by atoms with E-state index in [4.69, 9.17) is 5.26 Å². The van der Waals surface area contributed by atoms with Crippen LogP contribution in [0.2, 0.25) is 0 Å². The van der Waals surface area contributed by atoms with E-state index in [0.29, 0.717) is 5.76 Å². The fraction of sp³-hybridized carbons (Fsp3) is 0.375. The maximum absolute atomic E-state index is 11.7. The minimum Gasteiger partial charge on any atom is -0.410 e. The summed E-state index contributed by atoms with van der Waals surface area (Å²) in [6.45, 7) is 0. The standard InChI is InChI=1S/C8H6F3NO2/c9-8(10,11)14-7-3-1-6(2-4-7)13-5-12/h1,3H,2,4H2. The summed E-state index contributed by atoms with van der Waals surface area (Å²) in [6, 6.07) is 0. The average Bonchev–Trinajstić information content (AvgIpc) is 2.06. The maximum atomic E-state index is 11.7. The molecule has 0 aromatic heterocycles. The summed E-state index contributed by atoms with van der Waals surface area (Å²) in [5, 5.41) is 8.13. The molecule has 0 amide bonds. The topological polar surface area (TPSA) is 42.2 Å². The number of allylic oxidation sites excluding steroid dienone is 4. The summed E-state index contributed by atoms with van der Waals surface area (Å²) < 4.78 is 43.3. The Bertz CT molecular complexity index is 312. The van der Waals surface area contributed by atoms with Crippen LogP contribution in [0.1, 0.15) is 12.8 Å². The van der Waals surface area contributed by atoms with Gasteiger partial charge in [-0.15, -0.1) is 18.4 Å². The Labute approximate surface area is 78.0 Å². The third kappa shape index (κ3) is 3.39. The number of halogens is 3. The van der Waals surface area contributed by atoms with E-state index < -0.39 is 6.36 Å². The monoisotopic (exact) mass is 205 g/mol. The summed E-state index contributed by atoms with van der Waals surface area (Å²) in [6.07, 6.45) is -0.483. The predicted octanol–water partition coefficient (Wildman–Crippen LogP) is 2.58. The van der Waals surface area contributed by atoms with Crippen molar-refractivity contribution in [1.82, 2.24) is 0 Å². The van der Waals surface area contributed by atoms with E-state index >= 15 is 0 Å². The van der Waals surface area contributed by atoms with Gasteiger partial charge in [-0.2, -0.15) is 0 Å². The van der Waals surface area contributed by atoms with Gasteiger partial charge in [0, 0.05) is 12.8 Å². The fourth-order valence-corrected chi connectivity index (χ4v) is 0.976. The highest BCUT2D eigenvalue weighted by Crippen LogP contribution is 2.27.